The predicted molar refractivity (Wildman–Crippen MR) is 43.1 cm³/mol. The molecule has 1 heterocycles. The van der Waals surface area contributed by atoms with E-state index in [9.17, 15) is 4.79 Å². The first-order valence-corrected chi connectivity index (χ1v) is 3.86. The number of hydrogen-bond acceptors (Lipinski definition) is 3. The molecule has 11 heavy (non-hydrogen) atoms. The van der Waals surface area contributed by atoms with E-state index in [1.165, 1.54) is 0 Å². The van der Waals surface area contributed by atoms with Crippen molar-refractivity contribution in [3.63, 3.8) is 0 Å². The molecule has 64 valence electrons. The zero-order valence-corrected chi connectivity index (χ0v) is 6.84. The monoisotopic (exact) mass is 157 g/mol. The first-order valence-electron chi connectivity index (χ1n) is 3.86. The van der Waals surface area contributed by atoms with Gasteiger partial charge in [0.2, 0.25) is 5.91 Å². The third-order valence-corrected chi connectivity index (χ3v) is 1.87. The molecule has 0 atom stereocenters. The quantitative estimate of drug-likeness (QED) is 0.529. The van der Waals surface area contributed by atoms with Crippen LogP contribution in [0.5, 0.6) is 0 Å². The fraction of sp³-hybridized carbons (Fsp3) is 0.857. The minimum absolute atomic E-state index is 0.280. The number of nitrogens with zero attached hydrogens (tertiary/aromatic N) is 1. The lowest BCUT2D eigenvalue weighted by Crippen LogP contribution is -2.49. The first-order chi connectivity index (χ1) is 5.18. The highest BCUT2D eigenvalue weighted by Gasteiger charge is 2.22. The second-order valence-electron chi connectivity index (χ2n) is 3.18. The zero-order chi connectivity index (χ0) is 8.27. The molecule has 1 aliphatic rings. The molecule has 0 unspecified atom stereocenters. The van der Waals surface area contributed by atoms with Crippen LogP contribution in [-0.4, -0.2) is 44.0 Å². The van der Waals surface area contributed by atoms with Gasteiger partial charge in [-0.25, -0.2) is 0 Å². The van der Waals surface area contributed by atoms with E-state index < -0.39 is 0 Å². The van der Waals surface area contributed by atoms with Crippen molar-refractivity contribution < 1.29 is 4.79 Å². The van der Waals surface area contributed by atoms with Gasteiger partial charge in [-0.1, -0.05) is 0 Å². The van der Waals surface area contributed by atoms with Gasteiger partial charge < -0.3 is 16.0 Å². The summed E-state index contributed by atoms with van der Waals surface area (Å²) < 4.78 is 0. The summed E-state index contributed by atoms with van der Waals surface area (Å²) in [4.78, 5) is 12.5. The maximum atomic E-state index is 10.3. The number of nitrogens with one attached hydrogen (secondary N) is 1. The van der Waals surface area contributed by atoms with Crippen molar-refractivity contribution in [2.75, 3.05) is 33.2 Å². The normalized spacial score (nSPS) is 19.7. The fourth-order valence-corrected chi connectivity index (χ4v) is 1.36. The Kier molecular flexibility index (Phi) is 2.84. The van der Waals surface area contributed by atoms with E-state index in [1.54, 1.807) is 0 Å². The van der Waals surface area contributed by atoms with E-state index in [1.807, 2.05) is 0 Å². The van der Waals surface area contributed by atoms with Gasteiger partial charge in [-0.15, -0.1) is 0 Å². The summed E-state index contributed by atoms with van der Waals surface area (Å²) in [5, 5.41) is 3.01. The maximum Gasteiger partial charge on any atom is 0.231 e. The van der Waals surface area contributed by atoms with Crippen molar-refractivity contribution in [2.45, 2.75) is 0 Å². The van der Waals surface area contributed by atoms with E-state index >= 15 is 0 Å². The van der Waals surface area contributed by atoms with Gasteiger partial charge in [0.05, 0.1) is 6.54 Å². The molecule has 1 saturated heterocycles. The smallest absolute Gasteiger partial charge is 0.231 e. The molecule has 1 rings (SSSR count). The second kappa shape index (κ2) is 3.69. The summed E-state index contributed by atoms with van der Waals surface area (Å²) in [6, 6.07) is 0. The summed E-state index contributed by atoms with van der Waals surface area (Å²) in [6.07, 6.45) is 0. The average molecular weight is 157 g/mol. The minimum atomic E-state index is -0.280. The van der Waals surface area contributed by atoms with Crippen LogP contribution in [0.2, 0.25) is 0 Å². The van der Waals surface area contributed by atoms with E-state index in [0.717, 1.165) is 19.6 Å². The molecule has 1 fully saturated rings. The summed E-state index contributed by atoms with van der Waals surface area (Å²) >= 11 is 0. The van der Waals surface area contributed by atoms with Gasteiger partial charge in [0, 0.05) is 19.6 Å². The third-order valence-electron chi connectivity index (χ3n) is 1.87. The molecular formula is C7H15N3O. The summed E-state index contributed by atoms with van der Waals surface area (Å²) in [5.41, 5.74) is 4.95. The zero-order valence-electron chi connectivity index (χ0n) is 6.84. The standard InChI is InChI=1S/C7H15N3O/c1-10-4-6(5-10)2-9-3-7(8)11/h6,9H,2-5H2,1H3,(H2,8,11). The number of carbonyl (C=O) groups is 1. The predicted octanol–water partition coefficient (Wildman–Crippen LogP) is -1.38. The van der Waals surface area contributed by atoms with Gasteiger partial charge in [0.1, 0.15) is 0 Å². The average Bonchev–Trinajstić information content (AvgIpc) is 1.83. The van der Waals surface area contributed by atoms with Crippen molar-refractivity contribution in [1.82, 2.24) is 10.2 Å². The van der Waals surface area contributed by atoms with Gasteiger partial charge in [0.25, 0.3) is 0 Å². The first kappa shape index (κ1) is 8.49. The Labute approximate surface area is 66.7 Å². The van der Waals surface area contributed by atoms with E-state index in [0.29, 0.717) is 12.5 Å². The molecule has 4 heteroatoms. The van der Waals surface area contributed by atoms with Crippen LogP contribution in [0.4, 0.5) is 0 Å². The molecule has 0 aliphatic carbocycles. The molecule has 0 radical (unpaired) electrons. The number of nitrogens with two attached hydrogens (primary N) is 1. The highest BCUT2D eigenvalue weighted by atomic mass is 16.1. The Hall–Kier alpha value is -0.610. The van der Waals surface area contributed by atoms with Gasteiger partial charge in [-0.3, -0.25) is 4.79 Å². The lowest BCUT2D eigenvalue weighted by atomic mass is 10.0. The van der Waals surface area contributed by atoms with Gasteiger partial charge in [0.15, 0.2) is 0 Å². The molecule has 1 amide bonds. The molecule has 0 bridgehead atoms. The fourth-order valence-electron chi connectivity index (χ4n) is 1.36. The largest absolute Gasteiger partial charge is 0.369 e. The van der Waals surface area contributed by atoms with E-state index in [4.69, 9.17) is 5.73 Å². The Morgan fingerprint density at radius 1 is 1.73 bits per heavy atom. The Balaban J connectivity index is 1.92. The molecule has 0 aromatic carbocycles. The van der Waals surface area contributed by atoms with Gasteiger partial charge >= 0.3 is 0 Å². The summed E-state index contributed by atoms with van der Waals surface area (Å²) in [5.74, 6) is 0.428. The van der Waals surface area contributed by atoms with Gasteiger partial charge in [-0.2, -0.15) is 0 Å². The Morgan fingerprint density at radius 3 is 2.82 bits per heavy atom. The Bertz CT molecular complexity index is 143. The molecular weight excluding hydrogens is 142 g/mol. The minimum Gasteiger partial charge on any atom is -0.369 e. The molecule has 0 spiro atoms. The van der Waals surface area contributed by atoms with Crippen molar-refractivity contribution in [2.24, 2.45) is 11.7 Å². The molecule has 1 aliphatic heterocycles. The second-order valence-corrected chi connectivity index (χ2v) is 3.18. The number of rotatable bonds is 4. The SMILES string of the molecule is CN1CC(CNCC(N)=O)C1. The van der Waals surface area contributed by atoms with Crippen LogP contribution in [0, 0.1) is 5.92 Å². The number of carbonyl (C=O) groups excluding carboxylic acids is 1. The van der Waals surface area contributed by atoms with Crippen molar-refractivity contribution in [3.8, 4) is 0 Å². The van der Waals surface area contributed by atoms with Crippen LogP contribution in [0.15, 0.2) is 0 Å². The highest BCUT2D eigenvalue weighted by molar-refractivity contribution is 5.75. The van der Waals surface area contributed by atoms with Crippen molar-refractivity contribution >= 4 is 5.91 Å². The van der Waals surface area contributed by atoms with Crippen LogP contribution in [0.25, 0.3) is 0 Å². The summed E-state index contributed by atoms with van der Waals surface area (Å²) in [6.45, 7) is 3.48. The number of likely N-dealkylation sites (tertiary alicyclic amines) is 1. The summed E-state index contributed by atoms with van der Waals surface area (Å²) in [7, 11) is 2.09. The number of primary amides is 1. The number of hydrogen-bond donors (Lipinski definition) is 2. The molecule has 4 nitrogen and oxygen atoms in total. The van der Waals surface area contributed by atoms with Crippen molar-refractivity contribution in [1.29, 1.82) is 0 Å². The van der Waals surface area contributed by atoms with E-state index in [-0.39, 0.29) is 5.91 Å². The lowest BCUT2D eigenvalue weighted by molar-refractivity contribution is -0.117. The molecule has 0 saturated carbocycles. The number of amides is 1. The van der Waals surface area contributed by atoms with Crippen LogP contribution in [-0.2, 0) is 4.79 Å². The van der Waals surface area contributed by atoms with Crippen LogP contribution >= 0.6 is 0 Å². The van der Waals surface area contributed by atoms with Crippen LogP contribution in [0.1, 0.15) is 0 Å². The van der Waals surface area contributed by atoms with E-state index in [2.05, 4.69) is 17.3 Å². The van der Waals surface area contributed by atoms with Crippen molar-refractivity contribution in [3.05, 3.63) is 0 Å². The van der Waals surface area contributed by atoms with Crippen LogP contribution < -0.4 is 11.1 Å². The topological polar surface area (TPSA) is 58.4 Å². The molecule has 3 N–H and O–H groups in total. The maximum absolute atomic E-state index is 10.3. The lowest BCUT2D eigenvalue weighted by Gasteiger charge is -2.36. The molecule has 0 aromatic rings. The highest BCUT2D eigenvalue weighted by Crippen LogP contribution is 2.10. The van der Waals surface area contributed by atoms with Gasteiger partial charge in [-0.05, 0) is 13.0 Å². The molecule has 0 aromatic heterocycles. The Morgan fingerprint density at radius 2 is 2.36 bits per heavy atom. The third kappa shape index (κ3) is 2.86. The van der Waals surface area contributed by atoms with Crippen LogP contribution in [0.3, 0.4) is 0 Å².